The standard InChI is InChI=1S/C22H33BFNO5.C21H31BN2O4.C16H21BrFNO3.C15H19BrN2O2.C10H11BrN2/c1-20(2,3)28-19(26)25-12-10-16(11-13-25)27-18-9-8-15(14-17(18)24)23-29-21(4,5)22(6,7)30-23;1-13(2)17-15-11-10-14(22-27-20(6,7)21(8,9)28-22)12-16(15)24(23-17)18(25)26-19(3,4)5;1-16(2,3)22-15(20)19-8-6-12(7-9-19)21-14-5-4-11(17)10-13(14)18;1-9(2)13-11-7-6-10(16)8-12(11)18(17-13)14(19)20-15(3,4)5;1-6(2)10-8-4-3-7(11)5-9(8)12-13-10/h8-9,14,16H,10-13H2,1-7H3;10-13H,1-9H3;4-5,10,12H,6-9H2,1-3H3;6-9H,1-5H3;3-6H,1-2H3,(H,12,13). The summed E-state index contributed by atoms with van der Waals surface area (Å²) in [6.45, 7) is 52.8. The normalized spacial score (nSPS) is 17.1. The van der Waals surface area contributed by atoms with Gasteiger partial charge in [0.15, 0.2) is 23.1 Å². The molecule has 0 spiro atoms. The number of hydrogen-bond acceptors (Lipinski definition) is 17. The van der Waals surface area contributed by atoms with Gasteiger partial charge in [-0.15, -0.1) is 0 Å². The van der Waals surface area contributed by atoms with Crippen LogP contribution in [0.2, 0.25) is 0 Å². The van der Waals surface area contributed by atoms with E-state index in [-0.39, 0.29) is 53.5 Å². The molecule has 7 heterocycles. The van der Waals surface area contributed by atoms with Gasteiger partial charge in [-0.2, -0.15) is 24.7 Å². The minimum atomic E-state index is -0.615. The summed E-state index contributed by atoms with van der Waals surface area (Å²) in [4.78, 5) is 52.5. The SMILES string of the molecule is CC(C)(C)OC(=O)N1CCC(Oc2ccc(B3OC(C)(C)C(C)(C)O3)cc2F)CC1.CC(C)(C)OC(=O)N1CCC(Oc2ccc(Br)cc2F)CC1.CC(C)c1[nH]nc2cc(Br)ccc12.CC(C)c1nn(C(=O)OC(C)(C)C)c2cc(B3OC(C)(C)C(C)(C)O3)ccc12.CC(C)c1nn(C(=O)OC(C)(C)C)c2cc(Br)ccc12. The fourth-order valence-corrected chi connectivity index (χ4v) is 13.2. The zero-order valence-electron chi connectivity index (χ0n) is 70.6. The van der Waals surface area contributed by atoms with E-state index in [1.54, 1.807) is 34.1 Å². The number of ether oxygens (including phenoxy) is 6. The second-order valence-corrected chi connectivity index (χ2v) is 38.5. The van der Waals surface area contributed by atoms with Gasteiger partial charge in [0.1, 0.15) is 34.6 Å². The molecular weight excluding hydrogens is 1640 g/mol. The van der Waals surface area contributed by atoms with E-state index in [1.165, 1.54) is 32.6 Å². The molecule has 0 atom stereocenters. The number of fused-ring (bicyclic) bond motifs is 3. The predicted octanol–water partition coefficient (Wildman–Crippen LogP) is 20.7. The van der Waals surface area contributed by atoms with E-state index < -0.39 is 77.0 Å². The Kier molecular flexibility index (Phi) is 29.2. The highest BCUT2D eigenvalue weighted by Gasteiger charge is 2.53. The summed E-state index contributed by atoms with van der Waals surface area (Å²) in [7, 11) is -1.12. The molecule has 5 aromatic carbocycles. The number of aromatic amines is 1. The quantitative estimate of drug-likeness (QED) is 0.105. The van der Waals surface area contributed by atoms with Crippen LogP contribution in [0.15, 0.2) is 104 Å². The van der Waals surface area contributed by atoms with Crippen LogP contribution in [0.3, 0.4) is 0 Å². The highest BCUT2D eigenvalue weighted by Crippen LogP contribution is 2.40. The number of nitrogens with zero attached hydrogens (tertiary/aromatic N) is 7. The van der Waals surface area contributed by atoms with Crippen molar-refractivity contribution >= 4 is 130 Å². The zero-order chi connectivity index (χ0) is 84.2. The number of aromatic nitrogens is 6. The van der Waals surface area contributed by atoms with Crippen molar-refractivity contribution in [3.05, 3.63) is 133 Å². The lowest BCUT2D eigenvalue weighted by molar-refractivity contribution is 0.00578. The third kappa shape index (κ3) is 24.5. The molecule has 0 aliphatic carbocycles. The third-order valence-electron chi connectivity index (χ3n) is 19.4. The van der Waals surface area contributed by atoms with E-state index in [9.17, 15) is 28.0 Å². The Morgan fingerprint density at radius 2 is 0.779 bits per heavy atom. The average molecular weight is 1760 g/mol. The van der Waals surface area contributed by atoms with Crippen molar-refractivity contribution in [3.8, 4) is 11.5 Å². The number of rotatable bonds is 9. The fraction of sp³-hybridized carbons (Fsp3) is 0.560. The Hall–Kier alpha value is -7.14. The molecule has 22 nitrogen and oxygen atoms in total. The van der Waals surface area contributed by atoms with E-state index in [2.05, 4.69) is 116 Å². The molecule has 0 saturated carbocycles. The first-order chi connectivity index (χ1) is 52.1. The molecule has 3 aromatic heterocycles. The molecule has 4 saturated heterocycles. The Balaban J connectivity index is 0.000000181. The van der Waals surface area contributed by atoms with Crippen molar-refractivity contribution in [2.45, 2.75) is 280 Å². The number of piperidine rings is 2. The number of benzene rings is 5. The lowest BCUT2D eigenvalue weighted by atomic mass is 9.78. The van der Waals surface area contributed by atoms with Crippen LogP contribution in [0, 0.1) is 11.6 Å². The largest absolute Gasteiger partial charge is 0.494 e. The van der Waals surface area contributed by atoms with Crippen LogP contribution in [-0.2, 0) is 37.6 Å². The smallest absolute Gasteiger partial charge is 0.487 e. The first kappa shape index (κ1) is 91.4. The first-order valence-corrected chi connectivity index (χ1v) is 41.0. The summed E-state index contributed by atoms with van der Waals surface area (Å²) in [5, 5.41) is 19.4. The van der Waals surface area contributed by atoms with Crippen molar-refractivity contribution < 1.29 is 75.0 Å². The predicted molar refractivity (Wildman–Crippen MR) is 451 cm³/mol. The van der Waals surface area contributed by atoms with Crippen molar-refractivity contribution in [3.63, 3.8) is 0 Å². The van der Waals surface area contributed by atoms with Crippen LogP contribution >= 0.6 is 47.8 Å². The maximum atomic E-state index is 14.7. The number of carbonyl (C=O) groups is 4. The van der Waals surface area contributed by atoms with E-state index in [0.29, 0.717) is 73.2 Å². The van der Waals surface area contributed by atoms with Crippen molar-refractivity contribution in [1.29, 1.82) is 0 Å². The number of H-pyrrole nitrogens is 1. The third-order valence-corrected chi connectivity index (χ3v) is 20.9. The van der Waals surface area contributed by atoms with Gasteiger partial charge in [-0.3, -0.25) is 5.10 Å². The Labute approximate surface area is 691 Å². The first-order valence-electron chi connectivity index (χ1n) is 38.7. The second kappa shape index (κ2) is 36.2. The van der Waals surface area contributed by atoms with Gasteiger partial charge < -0.3 is 56.8 Å². The highest BCUT2D eigenvalue weighted by atomic mass is 79.9. The summed E-state index contributed by atoms with van der Waals surface area (Å²) in [6, 6.07) is 27.4. The van der Waals surface area contributed by atoms with Crippen molar-refractivity contribution in [1.82, 2.24) is 39.6 Å². The van der Waals surface area contributed by atoms with Crippen molar-refractivity contribution in [2.75, 3.05) is 26.2 Å². The summed E-state index contributed by atoms with van der Waals surface area (Å²) in [6.07, 6.45) is 0.761. The van der Waals surface area contributed by atoms with Crippen LogP contribution in [0.5, 0.6) is 11.5 Å². The van der Waals surface area contributed by atoms with E-state index in [4.69, 9.17) is 47.0 Å². The second-order valence-electron chi connectivity index (χ2n) is 35.8. The molecular formula is C84H115B2Br3F2N8O14. The van der Waals surface area contributed by atoms with Gasteiger partial charge >= 0.3 is 38.6 Å². The molecule has 2 amide bonds. The summed E-state index contributed by atoms with van der Waals surface area (Å²) < 4.78 is 91.4. The van der Waals surface area contributed by atoms with Crippen LogP contribution in [-0.4, -0.2) is 161 Å². The monoisotopic (exact) mass is 1760 g/mol. The molecule has 616 valence electrons. The molecule has 8 aromatic rings. The number of halogens is 5. The Morgan fingerprint density at radius 1 is 0.451 bits per heavy atom. The highest BCUT2D eigenvalue weighted by molar-refractivity contribution is 9.11. The topological polar surface area (TPSA) is 231 Å². The minimum absolute atomic E-state index is 0.0886. The van der Waals surface area contributed by atoms with Crippen molar-refractivity contribution in [2.24, 2.45) is 0 Å². The van der Waals surface area contributed by atoms with E-state index >= 15 is 0 Å². The molecule has 4 aliphatic rings. The van der Waals surface area contributed by atoms with Gasteiger partial charge in [0.25, 0.3) is 0 Å². The summed E-state index contributed by atoms with van der Waals surface area (Å²) in [5.74, 6) is 0.521. The van der Waals surface area contributed by atoms with E-state index in [0.717, 1.165) is 47.6 Å². The summed E-state index contributed by atoms with van der Waals surface area (Å²) in [5.41, 5.74) is 2.96. The van der Waals surface area contributed by atoms with Crippen LogP contribution < -0.4 is 20.4 Å². The average Bonchev–Trinajstić information content (AvgIpc) is 1.60. The van der Waals surface area contributed by atoms with Gasteiger partial charge in [-0.05, 0) is 240 Å². The number of hydrogen-bond donors (Lipinski definition) is 1. The minimum Gasteiger partial charge on any atom is -0.487 e. The molecule has 0 unspecified atom stereocenters. The number of carbonyl (C=O) groups excluding carboxylic acids is 4. The molecule has 12 rings (SSSR count). The fourth-order valence-electron chi connectivity index (χ4n) is 12.2. The molecule has 1 N–H and O–H groups in total. The molecule has 0 bridgehead atoms. The van der Waals surface area contributed by atoms with Gasteiger partial charge in [0.2, 0.25) is 0 Å². The number of amides is 2. The maximum absolute atomic E-state index is 14.7. The number of likely N-dealkylation sites (tertiary alicyclic amines) is 2. The lowest BCUT2D eigenvalue weighted by Gasteiger charge is -2.33. The molecule has 113 heavy (non-hydrogen) atoms. The number of nitrogens with one attached hydrogen (secondary N) is 1. The van der Waals surface area contributed by atoms with Crippen LogP contribution in [0.25, 0.3) is 32.7 Å². The zero-order valence-corrected chi connectivity index (χ0v) is 75.4. The molecule has 4 fully saturated rings. The maximum Gasteiger partial charge on any atom is 0.494 e. The lowest BCUT2D eigenvalue weighted by Crippen LogP contribution is -2.44. The van der Waals surface area contributed by atoms with Crippen LogP contribution in [0.4, 0.5) is 28.0 Å². The Morgan fingerprint density at radius 3 is 1.16 bits per heavy atom. The molecule has 29 heteroatoms. The van der Waals surface area contributed by atoms with Gasteiger partial charge in [-0.1, -0.05) is 108 Å². The molecule has 4 aliphatic heterocycles. The molecule has 0 radical (unpaired) electrons. The summed E-state index contributed by atoms with van der Waals surface area (Å²) >= 11 is 10.1. The van der Waals surface area contributed by atoms with Gasteiger partial charge in [0, 0.05) is 87.1 Å². The Bertz CT molecular complexity index is 4620. The van der Waals surface area contributed by atoms with E-state index in [1.807, 2.05) is 187 Å². The van der Waals surface area contributed by atoms with Gasteiger partial charge in [0.05, 0.1) is 50.3 Å². The van der Waals surface area contributed by atoms with Crippen LogP contribution in [0.1, 0.15) is 241 Å². The van der Waals surface area contributed by atoms with Gasteiger partial charge in [-0.25, -0.2) is 28.0 Å².